The molecule has 1 atom stereocenters. The molecule has 0 aliphatic heterocycles. The Morgan fingerprint density at radius 2 is 1.16 bits per heavy atom. The third-order valence-electron chi connectivity index (χ3n) is 6.29. The molecule has 0 aromatic heterocycles. The number of likely N-dealkylation sites (N-methyl/N-ethyl adjacent to an activating group) is 1. The number of hydrogen-bond donors (Lipinski definition) is 0. The molecule has 0 fully saturated rings. The summed E-state index contributed by atoms with van der Waals surface area (Å²) < 4.78 is 26.6. The van der Waals surface area contributed by atoms with Crippen LogP contribution in [0.5, 0.6) is 28.7 Å². The Balaban J connectivity index is 1.94. The first kappa shape index (κ1) is 27.5. The number of nitrogens with zero attached hydrogens (tertiary/aromatic N) is 1. The number of methoxy groups -OCH3 is 5. The second-order valence-corrected chi connectivity index (χ2v) is 8.81. The number of quaternary nitrogens is 1. The van der Waals surface area contributed by atoms with E-state index in [0.717, 1.165) is 11.1 Å². The molecule has 1 amide bonds. The predicted octanol–water partition coefficient (Wildman–Crippen LogP) is 4.33. The number of ether oxygens (including phenoxy) is 5. The number of benzene rings is 3. The van der Waals surface area contributed by atoms with Gasteiger partial charge in [0.25, 0.3) is 0 Å². The lowest BCUT2D eigenvalue weighted by Gasteiger charge is -2.31. The van der Waals surface area contributed by atoms with Crippen molar-refractivity contribution in [2.24, 2.45) is 0 Å². The summed E-state index contributed by atoms with van der Waals surface area (Å²) in [6, 6.07) is 17.8. The van der Waals surface area contributed by atoms with Gasteiger partial charge >= 0.3 is 5.91 Å². The molecule has 0 bridgehead atoms. The molecule has 3 aromatic rings. The molecule has 8 nitrogen and oxygen atoms in total. The Morgan fingerprint density at radius 3 is 1.68 bits per heavy atom. The zero-order valence-electron chi connectivity index (χ0n) is 22.2. The smallest absolute Gasteiger partial charge is 0.318 e. The van der Waals surface area contributed by atoms with E-state index in [1.165, 1.54) is 0 Å². The quantitative estimate of drug-likeness (QED) is 0.266. The van der Waals surface area contributed by atoms with Gasteiger partial charge in [-0.15, -0.1) is 0 Å². The van der Waals surface area contributed by atoms with Gasteiger partial charge in [0.05, 0.1) is 49.0 Å². The van der Waals surface area contributed by atoms with Crippen LogP contribution >= 0.6 is 0 Å². The summed E-state index contributed by atoms with van der Waals surface area (Å²) in [4.78, 5) is 27.1. The highest BCUT2D eigenvalue weighted by atomic mass is 16.5. The first-order valence-corrected chi connectivity index (χ1v) is 11.7. The molecular weight excluding hydrogens is 474 g/mol. The summed E-state index contributed by atoms with van der Waals surface area (Å²) in [5, 5.41) is 0. The second kappa shape index (κ2) is 12.3. The number of carbonyl (C=O) groups is 2. The molecule has 37 heavy (non-hydrogen) atoms. The molecule has 0 saturated carbocycles. The summed E-state index contributed by atoms with van der Waals surface area (Å²) in [6.07, 6.45) is 0.111. The lowest BCUT2D eigenvalue weighted by molar-refractivity contribution is -0.839. The van der Waals surface area contributed by atoms with E-state index in [1.807, 2.05) is 18.2 Å². The van der Waals surface area contributed by atoms with Crippen LogP contribution in [0.3, 0.4) is 0 Å². The van der Waals surface area contributed by atoms with Gasteiger partial charge in [0.2, 0.25) is 5.78 Å². The minimum Gasteiger partial charge on any atom is -0.497 e. The van der Waals surface area contributed by atoms with E-state index in [1.54, 1.807) is 85.1 Å². The molecule has 0 spiro atoms. The molecule has 3 rings (SSSR count). The largest absolute Gasteiger partial charge is 0.497 e. The lowest BCUT2D eigenvalue weighted by Crippen LogP contribution is -2.52. The van der Waals surface area contributed by atoms with Crippen molar-refractivity contribution in [3.05, 3.63) is 77.4 Å². The fraction of sp³-hybridized carbons (Fsp3) is 0.310. The van der Waals surface area contributed by atoms with Crippen molar-refractivity contribution >= 4 is 11.7 Å². The zero-order chi connectivity index (χ0) is 27.0. The van der Waals surface area contributed by atoms with E-state index in [0.29, 0.717) is 34.3 Å². The van der Waals surface area contributed by atoms with Gasteiger partial charge in [-0.25, -0.2) is 4.79 Å². The molecule has 3 aromatic carbocycles. The van der Waals surface area contributed by atoms with Crippen LogP contribution in [0.1, 0.15) is 21.5 Å². The van der Waals surface area contributed by atoms with Gasteiger partial charge < -0.3 is 23.7 Å². The van der Waals surface area contributed by atoms with Crippen LogP contribution < -0.4 is 23.7 Å². The molecule has 196 valence electrons. The highest BCUT2D eigenvalue weighted by molar-refractivity contribution is 5.98. The summed E-state index contributed by atoms with van der Waals surface area (Å²) in [5.74, 6) is 2.65. The maximum atomic E-state index is 13.8. The summed E-state index contributed by atoms with van der Waals surface area (Å²) in [6.45, 7) is 0.265. The standard InChI is InChI=1S/C29H34NO7/c1-30(18-21-8-14-26(35-4)28(16-21)37-6,19-24(31)22-9-11-23(33-2)12-10-22)29(32)17-20-7-13-25(34-3)27(15-20)36-5/h7-16H,17-19H2,1-6H3/q+1. The van der Waals surface area contributed by atoms with Gasteiger partial charge in [0.1, 0.15) is 18.8 Å². The fourth-order valence-electron chi connectivity index (χ4n) is 4.16. The van der Waals surface area contributed by atoms with Crippen LogP contribution in [-0.2, 0) is 17.8 Å². The number of hydrogen-bond acceptors (Lipinski definition) is 7. The zero-order valence-corrected chi connectivity index (χ0v) is 22.2. The van der Waals surface area contributed by atoms with Crippen LogP contribution in [0.2, 0.25) is 0 Å². The van der Waals surface area contributed by atoms with Crippen molar-refractivity contribution in [3.63, 3.8) is 0 Å². The Bertz CT molecular complexity index is 1240. The van der Waals surface area contributed by atoms with Crippen molar-refractivity contribution in [1.29, 1.82) is 0 Å². The minimum absolute atomic E-state index is 0.0210. The Morgan fingerprint density at radius 1 is 0.649 bits per heavy atom. The Kier molecular flexibility index (Phi) is 9.14. The molecule has 0 saturated heterocycles. The first-order valence-electron chi connectivity index (χ1n) is 11.7. The van der Waals surface area contributed by atoms with Gasteiger partial charge in [-0.3, -0.25) is 9.28 Å². The van der Waals surface area contributed by atoms with E-state index in [-0.39, 0.29) is 35.7 Å². The third kappa shape index (κ3) is 6.59. The van der Waals surface area contributed by atoms with Crippen molar-refractivity contribution in [2.45, 2.75) is 13.0 Å². The number of amides is 1. The maximum Gasteiger partial charge on any atom is 0.318 e. The monoisotopic (exact) mass is 508 g/mol. The first-order chi connectivity index (χ1) is 17.8. The van der Waals surface area contributed by atoms with Crippen molar-refractivity contribution in [1.82, 2.24) is 0 Å². The van der Waals surface area contributed by atoms with Crippen LogP contribution in [-0.4, -0.2) is 65.3 Å². The maximum absolute atomic E-state index is 13.8. The van der Waals surface area contributed by atoms with E-state index in [2.05, 4.69) is 0 Å². The molecule has 0 heterocycles. The van der Waals surface area contributed by atoms with E-state index in [9.17, 15) is 9.59 Å². The molecule has 0 aliphatic carbocycles. The predicted molar refractivity (Wildman–Crippen MR) is 140 cm³/mol. The summed E-state index contributed by atoms with van der Waals surface area (Å²) >= 11 is 0. The van der Waals surface area contributed by atoms with Gasteiger partial charge in [0.15, 0.2) is 23.0 Å². The normalized spacial score (nSPS) is 12.3. The summed E-state index contributed by atoms with van der Waals surface area (Å²) in [7, 11) is 9.59. The molecule has 0 N–H and O–H groups in total. The van der Waals surface area contributed by atoms with Crippen LogP contribution in [0, 0.1) is 0 Å². The van der Waals surface area contributed by atoms with Gasteiger partial charge in [-0.1, -0.05) is 6.07 Å². The minimum atomic E-state index is -0.147. The van der Waals surface area contributed by atoms with Crippen LogP contribution in [0.25, 0.3) is 0 Å². The van der Waals surface area contributed by atoms with E-state index < -0.39 is 0 Å². The molecule has 0 aliphatic rings. The molecule has 8 heteroatoms. The van der Waals surface area contributed by atoms with E-state index in [4.69, 9.17) is 23.7 Å². The van der Waals surface area contributed by atoms with Crippen molar-refractivity contribution in [2.75, 3.05) is 49.1 Å². The van der Waals surface area contributed by atoms with Crippen molar-refractivity contribution in [3.8, 4) is 28.7 Å². The number of ketones is 1. The molecule has 1 unspecified atom stereocenters. The number of Topliss-reactive ketones (excluding diaryl/α,β-unsaturated/α-hetero) is 1. The number of rotatable bonds is 12. The average Bonchev–Trinajstić information content (AvgIpc) is 2.92. The van der Waals surface area contributed by atoms with Crippen LogP contribution in [0.4, 0.5) is 0 Å². The average molecular weight is 509 g/mol. The molecular formula is C29H34NO7+. The van der Waals surface area contributed by atoms with Crippen LogP contribution in [0.15, 0.2) is 60.7 Å². The van der Waals surface area contributed by atoms with Gasteiger partial charge in [0, 0.05) is 11.1 Å². The third-order valence-corrected chi connectivity index (χ3v) is 6.29. The SMILES string of the molecule is COc1ccc(C(=O)C[N+](C)(Cc2ccc(OC)c(OC)c2)C(=O)Cc2ccc(OC)c(OC)c2)cc1. The summed E-state index contributed by atoms with van der Waals surface area (Å²) in [5.41, 5.74) is 2.11. The molecule has 0 radical (unpaired) electrons. The fourth-order valence-corrected chi connectivity index (χ4v) is 4.16. The Hall–Kier alpha value is -4.04. The topological polar surface area (TPSA) is 80.3 Å². The van der Waals surface area contributed by atoms with E-state index >= 15 is 0 Å². The lowest BCUT2D eigenvalue weighted by atomic mass is 10.0. The van der Waals surface area contributed by atoms with Gasteiger partial charge in [-0.05, 0) is 60.2 Å². The Labute approximate surface area is 217 Å². The highest BCUT2D eigenvalue weighted by Crippen LogP contribution is 2.31. The van der Waals surface area contributed by atoms with Gasteiger partial charge in [-0.2, -0.15) is 0 Å². The van der Waals surface area contributed by atoms with Crippen molar-refractivity contribution < 1.29 is 37.8 Å². The highest BCUT2D eigenvalue weighted by Gasteiger charge is 2.35. The number of carbonyl (C=O) groups excluding carboxylic acids is 2. The second-order valence-electron chi connectivity index (χ2n) is 8.81.